The van der Waals surface area contributed by atoms with E-state index in [1.54, 1.807) is 0 Å². The number of halogens is 14. The summed E-state index contributed by atoms with van der Waals surface area (Å²) < 4.78 is 172. The van der Waals surface area contributed by atoms with Crippen molar-refractivity contribution in [2.45, 2.75) is 35.8 Å². The number of hydrogen-bond donors (Lipinski definition) is 0. The van der Waals surface area contributed by atoms with Crippen LogP contribution >= 0.6 is 0 Å². The lowest BCUT2D eigenvalue weighted by atomic mass is 9.94. The van der Waals surface area contributed by atoms with Crippen molar-refractivity contribution in [2.75, 3.05) is 0 Å². The quantitative estimate of drug-likeness (QED) is 0.588. The van der Waals surface area contributed by atoms with Crippen LogP contribution in [0.1, 0.15) is 0 Å². The first kappa shape index (κ1) is 20.8. The summed E-state index contributed by atoms with van der Waals surface area (Å²) in [6.07, 6.45) is -10.7. The molecule has 0 aliphatic heterocycles. The maximum Gasteiger partial charge on any atom is 0.460 e. The van der Waals surface area contributed by atoms with Crippen LogP contribution in [0.2, 0.25) is 0 Å². The molecule has 0 aliphatic carbocycles. The molecule has 132 valence electrons. The third-order valence-corrected chi connectivity index (χ3v) is 2.23. The zero-order valence-corrected chi connectivity index (χ0v) is 9.45. The highest BCUT2D eigenvalue weighted by Gasteiger charge is 2.90. The lowest BCUT2D eigenvalue weighted by molar-refractivity contribution is -0.436. The fourth-order valence-electron chi connectivity index (χ4n) is 0.965. The van der Waals surface area contributed by atoms with Gasteiger partial charge in [0, 0.05) is 6.08 Å². The largest absolute Gasteiger partial charge is 0.460 e. The van der Waals surface area contributed by atoms with Gasteiger partial charge in [0.15, 0.2) is 0 Å². The molecule has 14 heteroatoms. The molecule has 22 heavy (non-hydrogen) atoms. The van der Waals surface area contributed by atoms with Crippen LogP contribution in [0.5, 0.6) is 0 Å². The van der Waals surface area contributed by atoms with E-state index < -0.39 is 48.2 Å². The average Bonchev–Trinajstić information content (AvgIpc) is 2.26. The predicted octanol–water partition coefficient (Wildman–Crippen LogP) is 5.21. The van der Waals surface area contributed by atoms with Gasteiger partial charge in [-0.3, -0.25) is 0 Å². The van der Waals surface area contributed by atoms with E-state index in [-0.39, 0.29) is 0 Å². The summed E-state index contributed by atoms with van der Waals surface area (Å²) in [6, 6.07) is 0. The Morgan fingerprint density at radius 2 is 0.773 bits per heavy atom. The molecule has 0 aromatic carbocycles. The standard InChI is InChI=1S/C8H2F14/c9-2-1-3(10,11)4(12,13)5(14,15)6(16,17)7(18,19)8(20,21)22/h1-2H. The molecule has 0 rings (SSSR count). The Morgan fingerprint density at radius 3 is 1.05 bits per heavy atom. The predicted molar refractivity (Wildman–Crippen MR) is 41.0 cm³/mol. The third kappa shape index (κ3) is 2.59. The minimum Gasteiger partial charge on any atom is -0.216 e. The van der Waals surface area contributed by atoms with Crippen LogP contribution in [0.25, 0.3) is 0 Å². The highest BCUT2D eigenvalue weighted by atomic mass is 19.4. The summed E-state index contributed by atoms with van der Waals surface area (Å²) >= 11 is 0. The number of rotatable bonds is 5. The number of allylic oxidation sites excluding steroid dienone is 1. The number of hydrogen-bond acceptors (Lipinski definition) is 0. The molecule has 0 unspecified atom stereocenters. The van der Waals surface area contributed by atoms with Crippen molar-refractivity contribution >= 4 is 0 Å². The second kappa shape index (κ2) is 5.15. The number of alkyl halides is 13. The van der Waals surface area contributed by atoms with Gasteiger partial charge in [-0.1, -0.05) is 0 Å². The summed E-state index contributed by atoms with van der Waals surface area (Å²) in [6.45, 7) is 0. The molecule has 0 fully saturated rings. The van der Waals surface area contributed by atoms with Crippen LogP contribution in [0, 0.1) is 0 Å². The topological polar surface area (TPSA) is 0 Å². The van der Waals surface area contributed by atoms with E-state index >= 15 is 0 Å². The van der Waals surface area contributed by atoms with Gasteiger partial charge in [-0.15, -0.1) is 0 Å². The maximum absolute atomic E-state index is 12.7. The Balaban J connectivity index is 6.23. The Morgan fingerprint density at radius 1 is 0.455 bits per heavy atom. The van der Waals surface area contributed by atoms with Crippen molar-refractivity contribution in [3.63, 3.8) is 0 Å². The van der Waals surface area contributed by atoms with Crippen molar-refractivity contribution in [3.05, 3.63) is 12.4 Å². The third-order valence-electron chi connectivity index (χ3n) is 2.23. The van der Waals surface area contributed by atoms with Gasteiger partial charge in [0.1, 0.15) is 0 Å². The fraction of sp³-hybridized carbons (Fsp3) is 0.750. The van der Waals surface area contributed by atoms with Crippen LogP contribution in [0.15, 0.2) is 12.4 Å². The van der Waals surface area contributed by atoms with Crippen LogP contribution in [-0.2, 0) is 0 Å². The highest BCUT2D eigenvalue weighted by Crippen LogP contribution is 2.60. The second-order valence-electron chi connectivity index (χ2n) is 3.71. The molecule has 0 saturated heterocycles. The van der Waals surface area contributed by atoms with E-state index in [0.29, 0.717) is 0 Å². The van der Waals surface area contributed by atoms with Crippen LogP contribution in [0.3, 0.4) is 0 Å². The van der Waals surface area contributed by atoms with Crippen LogP contribution in [-0.4, -0.2) is 35.8 Å². The summed E-state index contributed by atoms with van der Waals surface area (Å²) in [7, 11) is 0. The van der Waals surface area contributed by atoms with Gasteiger partial charge in [0.05, 0.1) is 6.33 Å². The normalized spacial score (nSPS) is 16.5. The van der Waals surface area contributed by atoms with E-state index in [0.717, 1.165) is 0 Å². The summed E-state index contributed by atoms with van der Waals surface area (Å²) in [5.41, 5.74) is 0. The van der Waals surface area contributed by atoms with Crippen LogP contribution < -0.4 is 0 Å². The zero-order chi connectivity index (χ0) is 18.4. The highest BCUT2D eigenvalue weighted by molar-refractivity contribution is 5.14. The molecular weight excluding hydrogens is 362 g/mol. The van der Waals surface area contributed by atoms with E-state index in [4.69, 9.17) is 0 Å². The van der Waals surface area contributed by atoms with E-state index in [1.807, 2.05) is 0 Å². The smallest absolute Gasteiger partial charge is 0.216 e. The van der Waals surface area contributed by atoms with Gasteiger partial charge in [-0.05, 0) is 0 Å². The first-order valence-electron chi connectivity index (χ1n) is 4.55. The Labute approximate surface area is 111 Å². The SMILES string of the molecule is FC=CC(F)(F)C(F)(F)C(F)(F)C(F)(F)C(F)(F)C(F)(F)F. The van der Waals surface area contributed by atoms with Crippen molar-refractivity contribution in [1.82, 2.24) is 0 Å². The zero-order valence-electron chi connectivity index (χ0n) is 9.45. The minimum atomic E-state index is -7.96. The molecule has 0 radical (unpaired) electrons. The van der Waals surface area contributed by atoms with Gasteiger partial charge in [-0.2, -0.15) is 57.1 Å². The molecule has 0 nitrogen and oxygen atoms in total. The van der Waals surface area contributed by atoms with Crippen molar-refractivity contribution in [3.8, 4) is 0 Å². The van der Waals surface area contributed by atoms with Crippen molar-refractivity contribution < 1.29 is 61.5 Å². The molecule has 0 aliphatic rings. The summed E-state index contributed by atoms with van der Waals surface area (Å²) in [5.74, 6) is -37.6. The van der Waals surface area contributed by atoms with Gasteiger partial charge < -0.3 is 0 Å². The molecule has 0 N–H and O–H groups in total. The lowest BCUT2D eigenvalue weighted by Gasteiger charge is -2.38. The summed E-state index contributed by atoms with van der Waals surface area (Å²) in [5, 5.41) is 0. The molecule has 0 amide bonds. The van der Waals surface area contributed by atoms with Crippen molar-refractivity contribution in [2.24, 2.45) is 0 Å². The molecular formula is C8H2F14. The minimum absolute atomic E-state index is 1.51. The van der Waals surface area contributed by atoms with Gasteiger partial charge in [0.2, 0.25) is 0 Å². The van der Waals surface area contributed by atoms with Gasteiger partial charge in [0.25, 0.3) is 0 Å². The van der Waals surface area contributed by atoms with Crippen LogP contribution in [0.4, 0.5) is 61.5 Å². The van der Waals surface area contributed by atoms with E-state index in [9.17, 15) is 61.5 Å². The molecule has 0 atom stereocenters. The molecule has 0 saturated carbocycles. The lowest BCUT2D eigenvalue weighted by Crippen LogP contribution is -2.69. The Kier molecular flexibility index (Phi) is 4.86. The average molecular weight is 364 g/mol. The summed E-state index contributed by atoms with van der Waals surface area (Å²) in [4.78, 5) is 0. The van der Waals surface area contributed by atoms with Crippen molar-refractivity contribution in [1.29, 1.82) is 0 Å². The van der Waals surface area contributed by atoms with Gasteiger partial charge in [-0.25, -0.2) is 4.39 Å². The maximum atomic E-state index is 12.7. The first-order chi connectivity index (χ1) is 9.31. The fourth-order valence-corrected chi connectivity index (χ4v) is 0.965. The van der Waals surface area contributed by atoms with E-state index in [1.165, 1.54) is 0 Å². The molecule has 0 aromatic heterocycles. The monoisotopic (exact) mass is 364 g/mol. The first-order valence-corrected chi connectivity index (χ1v) is 4.55. The molecule has 0 bridgehead atoms. The Bertz CT molecular complexity index is 427. The molecule has 0 aromatic rings. The van der Waals surface area contributed by atoms with Gasteiger partial charge >= 0.3 is 35.8 Å². The second-order valence-corrected chi connectivity index (χ2v) is 3.71. The Hall–Kier alpha value is -1.24. The molecule has 0 spiro atoms. The van der Waals surface area contributed by atoms with E-state index in [2.05, 4.69) is 0 Å². The molecule has 0 heterocycles.